The lowest BCUT2D eigenvalue weighted by Crippen LogP contribution is -2.65. The molecule has 2 aromatic rings. The molecule has 1 aromatic heterocycles. The van der Waals surface area contributed by atoms with E-state index >= 15 is 0 Å². The van der Waals surface area contributed by atoms with E-state index < -0.39 is 11.1 Å². The van der Waals surface area contributed by atoms with Gasteiger partial charge in [0.05, 0.1) is 17.7 Å². The summed E-state index contributed by atoms with van der Waals surface area (Å²) in [7, 11) is 0. The van der Waals surface area contributed by atoms with Gasteiger partial charge in [-0.1, -0.05) is 18.1 Å². The SMILES string of the molecule is Cc1onc(CO)c1-c1ccc2c(c1)C1(C)CCCC1(O)C(C)(C)N2. The second-order valence-corrected chi connectivity index (χ2v) is 8.27. The van der Waals surface area contributed by atoms with Crippen molar-refractivity contribution in [1.82, 2.24) is 5.16 Å². The maximum atomic E-state index is 11.6. The molecule has 5 heteroatoms. The van der Waals surface area contributed by atoms with Gasteiger partial charge in [-0.2, -0.15) is 0 Å². The van der Waals surface area contributed by atoms with E-state index in [4.69, 9.17) is 4.52 Å². The molecule has 0 amide bonds. The standard InChI is InChI=1S/C20H26N2O3/c1-12-17(16(11-23)22-25-12)13-6-7-15-14(10-13)19(4)8-5-9-20(19,24)18(2,3)21-15/h6-7,10,21,23-24H,5,8-9,11H2,1-4H3. The van der Waals surface area contributed by atoms with E-state index in [1.807, 2.05) is 13.0 Å². The minimum atomic E-state index is -0.797. The van der Waals surface area contributed by atoms with Crippen LogP contribution in [0.5, 0.6) is 0 Å². The van der Waals surface area contributed by atoms with Crippen molar-refractivity contribution < 1.29 is 14.7 Å². The number of aromatic nitrogens is 1. The molecule has 0 radical (unpaired) electrons. The van der Waals surface area contributed by atoms with Crippen LogP contribution in [0.2, 0.25) is 0 Å². The molecular formula is C20H26N2O3. The molecule has 2 atom stereocenters. The maximum Gasteiger partial charge on any atom is 0.141 e. The Labute approximate surface area is 148 Å². The monoisotopic (exact) mass is 342 g/mol. The number of rotatable bonds is 2. The molecule has 1 saturated carbocycles. The normalized spacial score (nSPS) is 29.8. The van der Waals surface area contributed by atoms with E-state index in [0.717, 1.165) is 41.6 Å². The summed E-state index contributed by atoms with van der Waals surface area (Å²) >= 11 is 0. The number of hydrogen-bond acceptors (Lipinski definition) is 5. The summed E-state index contributed by atoms with van der Waals surface area (Å²) in [5.74, 6) is 0.694. The Balaban J connectivity index is 1.92. The van der Waals surface area contributed by atoms with Crippen LogP contribution in [0.3, 0.4) is 0 Å². The molecule has 0 spiro atoms. The molecule has 1 aliphatic heterocycles. The number of anilines is 1. The highest BCUT2D eigenvalue weighted by Crippen LogP contribution is 2.58. The molecule has 1 aromatic carbocycles. The number of nitrogens with zero attached hydrogens (tertiary/aromatic N) is 1. The molecule has 134 valence electrons. The van der Waals surface area contributed by atoms with Gasteiger partial charge in [-0.15, -0.1) is 0 Å². The fourth-order valence-electron chi connectivity index (χ4n) is 5.14. The number of aliphatic hydroxyl groups excluding tert-OH is 1. The lowest BCUT2D eigenvalue weighted by molar-refractivity contribution is -0.0628. The molecule has 1 fully saturated rings. The second kappa shape index (κ2) is 5.08. The maximum absolute atomic E-state index is 11.6. The Bertz CT molecular complexity index is 841. The fourth-order valence-corrected chi connectivity index (χ4v) is 5.14. The molecule has 25 heavy (non-hydrogen) atoms. The fraction of sp³-hybridized carbons (Fsp3) is 0.550. The first-order valence-corrected chi connectivity index (χ1v) is 8.95. The number of aryl methyl sites for hydroxylation is 1. The Kier molecular flexibility index (Phi) is 3.38. The van der Waals surface area contributed by atoms with Crippen molar-refractivity contribution >= 4 is 5.69 Å². The Hall–Kier alpha value is -1.85. The first kappa shape index (κ1) is 16.6. The molecule has 5 nitrogen and oxygen atoms in total. The Morgan fingerprint density at radius 1 is 1.24 bits per heavy atom. The van der Waals surface area contributed by atoms with E-state index in [1.54, 1.807) is 0 Å². The van der Waals surface area contributed by atoms with Crippen LogP contribution in [0.15, 0.2) is 22.7 Å². The molecule has 2 aliphatic rings. The van der Waals surface area contributed by atoms with Gasteiger partial charge in [0.15, 0.2) is 0 Å². The van der Waals surface area contributed by atoms with Gasteiger partial charge in [-0.05, 0) is 63.3 Å². The highest BCUT2D eigenvalue weighted by Gasteiger charge is 2.62. The average Bonchev–Trinajstić information content (AvgIpc) is 3.09. The largest absolute Gasteiger partial charge is 0.390 e. The zero-order valence-electron chi connectivity index (χ0n) is 15.3. The van der Waals surface area contributed by atoms with Crippen LogP contribution in [-0.4, -0.2) is 26.5 Å². The lowest BCUT2D eigenvalue weighted by atomic mass is 9.60. The smallest absolute Gasteiger partial charge is 0.141 e. The van der Waals surface area contributed by atoms with E-state index in [0.29, 0.717) is 11.5 Å². The van der Waals surface area contributed by atoms with Crippen molar-refractivity contribution in [3.05, 3.63) is 35.2 Å². The van der Waals surface area contributed by atoms with Crippen molar-refractivity contribution in [2.24, 2.45) is 0 Å². The van der Waals surface area contributed by atoms with Crippen LogP contribution in [0, 0.1) is 6.92 Å². The first-order valence-electron chi connectivity index (χ1n) is 8.95. The molecule has 2 unspecified atom stereocenters. The highest BCUT2D eigenvalue weighted by molar-refractivity contribution is 5.74. The lowest BCUT2D eigenvalue weighted by Gasteiger charge is -2.55. The summed E-state index contributed by atoms with van der Waals surface area (Å²) in [4.78, 5) is 0. The van der Waals surface area contributed by atoms with Gasteiger partial charge >= 0.3 is 0 Å². The predicted molar refractivity (Wildman–Crippen MR) is 96.5 cm³/mol. The number of aliphatic hydroxyl groups is 2. The van der Waals surface area contributed by atoms with Crippen molar-refractivity contribution in [1.29, 1.82) is 0 Å². The topological polar surface area (TPSA) is 78.5 Å². The highest BCUT2D eigenvalue weighted by atomic mass is 16.5. The minimum absolute atomic E-state index is 0.157. The third-order valence-corrected chi connectivity index (χ3v) is 6.60. The number of fused-ring (bicyclic) bond motifs is 3. The summed E-state index contributed by atoms with van der Waals surface area (Å²) in [6.45, 7) is 8.05. The third kappa shape index (κ3) is 1.99. The third-order valence-electron chi connectivity index (χ3n) is 6.60. The molecule has 0 bridgehead atoms. The van der Waals surface area contributed by atoms with Gasteiger partial charge in [-0.25, -0.2) is 0 Å². The van der Waals surface area contributed by atoms with Gasteiger partial charge in [0.25, 0.3) is 0 Å². The van der Waals surface area contributed by atoms with Gasteiger partial charge in [-0.3, -0.25) is 0 Å². The van der Waals surface area contributed by atoms with E-state index in [-0.39, 0.29) is 12.0 Å². The summed E-state index contributed by atoms with van der Waals surface area (Å²) in [5.41, 5.74) is 3.08. The molecule has 2 heterocycles. The summed E-state index contributed by atoms with van der Waals surface area (Å²) < 4.78 is 5.27. The Morgan fingerprint density at radius 2 is 2.00 bits per heavy atom. The van der Waals surface area contributed by atoms with Crippen molar-refractivity contribution in [2.75, 3.05) is 5.32 Å². The Morgan fingerprint density at radius 3 is 2.72 bits per heavy atom. The van der Waals surface area contributed by atoms with Gasteiger partial charge < -0.3 is 20.1 Å². The van der Waals surface area contributed by atoms with Crippen molar-refractivity contribution in [3.63, 3.8) is 0 Å². The van der Waals surface area contributed by atoms with Crippen molar-refractivity contribution in [3.8, 4) is 11.1 Å². The zero-order chi connectivity index (χ0) is 18.0. The molecule has 1 aliphatic carbocycles. The van der Waals surface area contributed by atoms with Crippen LogP contribution in [0.25, 0.3) is 11.1 Å². The van der Waals surface area contributed by atoms with Crippen LogP contribution in [-0.2, 0) is 12.0 Å². The van der Waals surface area contributed by atoms with Crippen LogP contribution >= 0.6 is 0 Å². The average molecular weight is 342 g/mol. The van der Waals surface area contributed by atoms with Crippen molar-refractivity contribution in [2.45, 2.75) is 70.1 Å². The van der Waals surface area contributed by atoms with E-state index in [9.17, 15) is 10.2 Å². The summed E-state index contributed by atoms with van der Waals surface area (Å²) in [6.07, 6.45) is 2.76. The van der Waals surface area contributed by atoms with Gasteiger partial charge in [0.1, 0.15) is 11.5 Å². The quantitative estimate of drug-likeness (QED) is 0.778. The predicted octanol–water partition coefficient (Wildman–Crippen LogP) is 3.52. The summed E-state index contributed by atoms with van der Waals surface area (Å²) in [5, 5.41) is 28.7. The number of benzene rings is 1. The van der Waals surface area contributed by atoms with Gasteiger partial charge in [0, 0.05) is 16.7 Å². The van der Waals surface area contributed by atoms with Gasteiger partial charge in [0.2, 0.25) is 0 Å². The molecular weight excluding hydrogens is 316 g/mol. The first-order chi connectivity index (χ1) is 11.7. The van der Waals surface area contributed by atoms with Crippen LogP contribution < -0.4 is 5.32 Å². The van der Waals surface area contributed by atoms with E-state index in [2.05, 4.69) is 43.4 Å². The number of nitrogens with one attached hydrogen (secondary N) is 1. The van der Waals surface area contributed by atoms with E-state index in [1.165, 1.54) is 0 Å². The number of hydrogen-bond donors (Lipinski definition) is 3. The second-order valence-electron chi connectivity index (χ2n) is 8.27. The van der Waals surface area contributed by atoms with Crippen LogP contribution in [0.1, 0.15) is 57.1 Å². The molecule has 3 N–H and O–H groups in total. The molecule has 4 rings (SSSR count). The zero-order valence-corrected chi connectivity index (χ0v) is 15.3. The minimum Gasteiger partial charge on any atom is -0.390 e. The molecule has 0 saturated heterocycles. The van der Waals surface area contributed by atoms with Crippen LogP contribution in [0.4, 0.5) is 5.69 Å². The summed E-state index contributed by atoms with van der Waals surface area (Å²) in [6, 6.07) is 6.24.